The molecule has 0 saturated carbocycles. The van der Waals surface area contributed by atoms with Crippen molar-refractivity contribution in [1.82, 2.24) is 0 Å². The summed E-state index contributed by atoms with van der Waals surface area (Å²) in [4.78, 5) is 0. The Hall–Kier alpha value is -6.49. The van der Waals surface area contributed by atoms with Crippen LogP contribution in [-0.2, 0) is 13.0 Å². The summed E-state index contributed by atoms with van der Waals surface area (Å²) >= 11 is 0. The highest BCUT2D eigenvalue weighted by molar-refractivity contribution is 5.99. The lowest BCUT2D eigenvalue weighted by Crippen LogP contribution is -2.10. The zero-order chi connectivity index (χ0) is 38.5. The first-order chi connectivity index (χ1) is 26.4. The lowest BCUT2D eigenvalue weighted by Gasteiger charge is -2.12. The van der Waals surface area contributed by atoms with Crippen molar-refractivity contribution in [3.05, 3.63) is 228 Å². The van der Waals surface area contributed by atoms with Crippen molar-refractivity contribution in [2.75, 3.05) is 0 Å². The second-order valence-corrected chi connectivity index (χ2v) is 12.3. The lowest BCUT2D eigenvalue weighted by molar-refractivity contribution is 1.07. The third-order valence-electron chi connectivity index (χ3n) is 8.62. The van der Waals surface area contributed by atoms with Crippen LogP contribution in [0.4, 0.5) is 0 Å². The van der Waals surface area contributed by atoms with Gasteiger partial charge in [0.25, 0.3) is 0 Å². The minimum atomic E-state index is 0.121. The van der Waals surface area contributed by atoms with Crippen LogP contribution in [0.2, 0.25) is 0 Å². The van der Waals surface area contributed by atoms with Crippen molar-refractivity contribution >= 4 is 27.9 Å². The number of fused-ring (bicyclic) bond motifs is 1. The molecule has 0 aliphatic carbocycles. The molecule has 0 fully saturated rings. The summed E-state index contributed by atoms with van der Waals surface area (Å²) in [6, 6.07) is 61.8. The van der Waals surface area contributed by atoms with Gasteiger partial charge in [-0.1, -0.05) is 202 Å². The van der Waals surface area contributed by atoms with Gasteiger partial charge in [-0.2, -0.15) is 0 Å². The van der Waals surface area contributed by atoms with Crippen LogP contribution in [-0.4, -0.2) is 5.84 Å². The van der Waals surface area contributed by atoms with Crippen molar-refractivity contribution in [2.24, 2.45) is 17.2 Å². The Kier molecular flexibility index (Phi) is 16.2. The number of aryl methyl sites for hydroxylation is 1. The minimum Gasteiger partial charge on any atom is -0.398 e. The molecule has 54 heavy (non-hydrogen) atoms. The van der Waals surface area contributed by atoms with Gasteiger partial charge in [-0.05, 0) is 74.7 Å². The quantitative estimate of drug-likeness (QED) is 0.0718. The molecule has 0 heterocycles. The van der Waals surface area contributed by atoms with E-state index in [0.717, 1.165) is 34.4 Å². The predicted octanol–water partition coefficient (Wildman–Crippen LogP) is 11.6. The Labute approximate surface area is 321 Å². The topological polar surface area (TPSA) is 102 Å². The molecule has 0 saturated heterocycles. The second kappa shape index (κ2) is 21.8. The number of hydrogen-bond acceptors (Lipinski definition) is 3. The summed E-state index contributed by atoms with van der Waals surface area (Å²) in [5.41, 5.74) is 28.2. The molecule has 0 aromatic heterocycles. The summed E-state index contributed by atoms with van der Waals surface area (Å²) < 4.78 is 0. The van der Waals surface area contributed by atoms with Gasteiger partial charge in [0.05, 0.1) is 0 Å². The molecule has 7 rings (SSSR count). The third kappa shape index (κ3) is 12.0. The molecular formula is C50H52N4. The molecule has 7 aromatic rings. The molecule has 0 amide bonds. The van der Waals surface area contributed by atoms with Gasteiger partial charge in [0.15, 0.2) is 0 Å². The van der Waals surface area contributed by atoms with E-state index < -0.39 is 0 Å². The van der Waals surface area contributed by atoms with Crippen molar-refractivity contribution in [1.29, 1.82) is 5.41 Å². The molecule has 272 valence electrons. The van der Waals surface area contributed by atoms with Gasteiger partial charge < -0.3 is 17.2 Å². The van der Waals surface area contributed by atoms with Crippen molar-refractivity contribution in [3.63, 3.8) is 0 Å². The maximum Gasteiger partial charge on any atom is 0.122 e. The number of hydrogen-bond donors (Lipinski definition) is 4. The van der Waals surface area contributed by atoms with Gasteiger partial charge in [-0.3, -0.25) is 5.41 Å². The maximum absolute atomic E-state index is 7.01. The Morgan fingerprint density at radius 1 is 0.537 bits per heavy atom. The first kappa shape index (κ1) is 40.3. The number of benzene rings is 7. The highest BCUT2D eigenvalue weighted by Crippen LogP contribution is 2.32. The molecule has 4 nitrogen and oxygen atoms in total. The van der Waals surface area contributed by atoms with Gasteiger partial charge in [-0.25, -0.2) is 0 Å². The fraction of sp³-hybridized carbons (Fsp3) is 0.100. The summed E-state index contributed by atoms with van der Waals surface area (Å²) in [6.07, 6.45) is 5.20. The van der Waals surface area contributed by atoms with E-state index in [1.54, 1.807) is 0 Å². The van der Waals surface area contributed by atoms with Crippen molar-refractivity contribution in [2.45, 2.75) is 33.7 Å². The van der Waals surface area contributed by atoms with E-state index in [2.05, 4.69) is 110 Å². The molecule has 0 spiro atoms. The molecular weight excluding hydrogens is 657 g/mol. The monoisotopic (exact) mass is 708 g/mol. The van der Waals surface area contributed by atoms with Crippen molar-refractivity contribution in [3.8, 4) is 11.1 Å². The number of rotatable bonds is 8. The van der Waals surface area contributed by atoms with Gasteiger partial charge in [-0.15, -0.1) is 0 Å². The van der Waals surface area contributed by atoms with E-state index >= 15 is 0 Å². The number of nitrogen functional groups attached to an aromatic ring is 1. The lowest BCUT2D eigenvalue weighted by atomic mass is 9.93. The van der Waals surface area contributed by atoms with Gasteiger partial charge in [0, 0.05) is 17.8 Å². The first-order valence-corrected chi connectivity index (χ1v) is 18.4. The number of nitrogens with one attached hydrogen (secondary N) is 1. The first-order valence-electron chi connectivity index (χ1n) is 18.4. The Morgan fingerprint density at radius 2 is 1.04 bits per heavy atom. The molecule has 0 radical (unpaired) electrons. The minimum absolute atomic E-state index is 0.121. The van der Waals surface area contributed by atoms with Crippen LogP contribution in [0.3, 0.4) is 0 Å². The van der Waals surface area contributed by atoms with Crippen LogP contribution >= 0.6 is 0 Å². The van der Waals surface area contributed by atoms with E-state index in [0.29, 0.717) is 6.54 Å². The fourth-order valence-electron chi connectivity index (χ4n) is 5.83. The molecule has 7 N–H and O–H groups in total. The molecule has 4 heteroatoms. The fourth-order valence-corrected chi connectivity index (χ4v) is 5.83. The Balaban J connectivity index is 0.000000279. The van der Waals surface area contributed by atoms with Crippen LogP contribution in [0.1, 0.15) is 47.2 Å². The third-order valence-corrected chi connectivity index (χ3v) is 8.62. The van der Waals surface area contributed by atoms with Crippen LogP contribution in [0.5, 0.6) is 0 Å². The zero-order valence-electron chi connectivity index (χ0n) is 31.6. The van der Waals surface area contributed by atoms with E-state index in [1.165, 1.54) is 38.6 Å². The van der Waals surface area contributed by atoms with Crippen molar-refractivity contribution < 1.29 is 0 Å². The zero-order valence-corrected chi connectivity index (χ0v) is 31.6. The summed E-state index contributed by atoms with van der Waals surface area (Å²) in [6.45, 7) is 6.82. The normalized spacial score (nSPS) is 10.8. The maximum atomic E-state index is 7.01. The van der Waals surface area contributed by atoms with Crippen LogP contribution in [0, 0.1) is 12.3 Å². The van der Waals surface area contributed by atoms with Gasteiger partial charge in [0.2, 0.25) is 0 Å². The van der Waals surface area contributed by atoms with E-state index in [4.69, 9.17) is 22.6 Å². The number of allylic oxidation sites excluding steroid dienone is 3. The summed E-state index contributed by atoms with van der Waals surface area (Å²) in [5.74, 6) is 0.121. The summed E-state index contributed by atoms with van der Waals surface area (Å²) in [5, 5.41) is 9.60. The largest absolute Gasteiger partial charge is 0.398 e. The average Bonchev–Trinajstić information content (AvgIpc) is 3.25. The SMILES string of the molecule is CC.Cc1cccc2cccc(-c3ccc(C(/C=C(\N)c4ccccc4)=C/Cc4ccccc4)cc3)c12.N=C(N)c1ccccc1.NCc1ccccc1. The molecule has 0 aliphatic heterocycles. The standard InChI is InChI=1S/C34H29N.C7H8N2.C7H9N.C2H6/c1-25-10-8-15-30-16-9-17-32(34(25)30)28-22-20-27(21-23-28)31(19-18-26-11-4-2-5-12-26)24-33(35)29-13-6-3-7-14-29;8-7(9)6-4-2-1-3-5-6;8-6-7-4-2-1-3-5-7;1-2/h2-17,19-24H,18,35H2,1H3;1-5H,(H3,8,9);1-5H,6,8H2;1-2H3/b31-19+,33-24-;;;. The number of nitrogens with two attached hydrogens (primary N) is 3. The molecule has 0 aliphatic rings. The predicted molar refractivity (Wildman–Crippen MR) is 234 cm³/mol. The molecule has 7 aromatic carbocycles. The summed E-state index contributed by atoms with van der Waals surface area (Å²) in [7, 11) is 0. The average molecular weight is 709 g/mol. The number of amidine groups is 1. The van der Waals surface area contributed by atoms with Gasteiger partial charge in [0.1, 0.15) is 5.84 Å². The molecule has 0 atom stereocenters. The van der Waals surface area contributed by atoms with Crippen LogP contribution in [0.15, 0.2) is 194 Å². The van der Waals surface area contributed by atoms with Crippen LogP contribution in [0.25, 0.3) is 33.2 Å². The van der Waals surface area contributed by atoms with E-state index in [1.807, 2.05) is 105 Å². The molecule has 0 unspecified atom stereocenters. The Morgan fingerprint density at radius 3 is 1.54 bits per heavy atom. The highest BCUT2D eigenvalue weighted by Gasteiger charge is 2.08. The smallest absolute Gasteiger partial charge is 0.122 e. The highest BCUT2D eigenvalue weighted by atomic mass is 14.7. The van der Waals surface area contributed by atoms with Crippen LogP contribution < -0.4 is 17.2 Å². The van der Waals surface area contributed by atoms with E-state index in [-0.39, 0.29) is 5.84 Å². The van der Waals surface area contributed by atoms with Gasteiger partial charge >= 0.3 is 0 Å². The van der Waals surface area contributed by atoms with E-state index in [9.17, 15) is 0 Å². The Bertz CT molecular complexity index is 2200. The second-order valence-electron chi connectivity index (χ2n) is 12.3. The molecule has 0 bridgehead atoms.